The first kappa shape index (κ1) is 16.1. The molecule has 1 heterocycles. The minimum Gasteiger partial charge on any atom is -0.457 e. The zero-order chi connectivity index (χ0) is 16.2. The Morgan fingerprint density at radius 1 is 1.00 bits per heavy atom. The lowest BCUT2D eigenvalue weighted by atomic mass is 9.88. The molecule has 2 aromatic rings. The molecule has 1 aliphatic heterocycles. The highest BCUT2D eigenvalue weighted by Crippen LogP contribution is 2.38. The van der Waals surface area contributed by atoms with Crippen molar-refractivity contribution in [3.05, 3.63) is 59.7 Å². The first-order valence-electron chi connectivity index (χ1n) is 8.70. The molecule has 23 heavy (non-hydrogen) atoms. The van der Waals surface area contributed by atoms with Crippen molar-refractivity contribution in [3.63, 3.8) is 0 Å². The summed E-state index contributed by atoms with van der Waals surface area (Å²) in [5, 5.41) is 0. The summed E-state index contributed by atoms with van der Waals surface area (Å²) in [5.41, 5.74) is 2.73. The predicted octanol–water partition coefficient (Wildman–Crippen LogP) is 5.85. The molecule has 3 rings (SSSR count). The molecule has 1 aliphatic rings. The Hall–Kier alpha value is -1.80. The molecule has 2 nitrogen and oxygen atoms in total. The summed E-state index contributed by atoms with van der Waals surface area (Å²) in [7, 11) is 0. The Bertz CT molecular complexity index is 636. The fourth-order valence-corrected chi connectivity index (χ4v) is 3.33. The molecule has 3 atom stereocenters. The summed E-state index contributed by atoms with van der Waals surface area (Å²) in [6.45, 7) is 6.65. The second-order valence-corrected chi connectivity index (χ2v) is 6.40. The summed E-state index contributed by atoms with van der Waals surface area (Å²) in [6.07, 6.45) is 4.36. The minimum atomic E-state index is 0.463. The van der Waals surface area contributed by atoms with Crippen LogP contribution in [0, 0.1) is 6.92 Å². The van der Waals surface area contributed by atoms with Gasteiger partial charge >= 0.3 is 0 Å². The molecule has 0 saturated carbocycles. The Balaban J connectivity index is 1.70. The molecular formula is C21H26O2. The summed E-state index contributed by atoms with van der Waals surface area (Å²) < 4.78 is 11.7. The van der Waals surface area contributed by atoms with E-state index in [1.807, 2.05) is 30.3 Å². The van der Waals surface area contributed by atoms with Gasteiger partial charge in [-0.1, -0.05) is 38.1 Å². The van der Waals surface area contributed by atoms with E-state index in [0.29, 0.717) is 18.1 Å². The molecule has 2 aromatic carbocycles. The van der Waals surface area contributed by atoms with Crippen LogP contribution in [0.2, 0.25) is 0 Å². The van der Waals surface area contributed by atoms with Gasteiger partial charge in [0.1, 0.15) is 11.5 Å². The van der Waals surface area contributed by atoms with Crippen molar-refractivity contribution in [1.29, 1.82) is 0 Å². The maximum Gasteiger partial charge on any atom is 0.127 e. The van der Waals surface area contributed by atoms with Gasteiger partial charge in [0, 0.05) is 0 Å². The van der Waals surface area contributed by atoms with Crippen LogP contribution >= 0.6 is 0 Å². The zero-order valence-corrected chi connectivity index (χ0v) is 14.3. The van der Waals surface area contributed by atoms with E-state index in [4.69, 9.17) is 9.47 Å². The van der Waals surface area contributed by atoms with Crippen molar-refractivity contribution >= 4 is 0 Å². The van der Waals surface area contributed by atoms with Crippen molar-refractivity contribution in [1.82, 2.24) is 0 Å². The van der Waals surface area contributed by atoms with Crippen LogP contribution in [-0.4, -0.2) is 12.2 Å². The first-order chi connectivity index (χ1) is 11.2. The van der Waals surface area contributed by atoms with E-state index in [1.54, 1.807) is 0 Å². The highest BCUT2D eigenvalue weighted by Gasteiger charge is 2.38. The van der Waals surface area contributed by atoms with E-state index in [0.717, 1.165) is 30.8 Å². The van der Waals surface area contributed by atoms with Gasteiger partial charge in [0.05, 0.1) is 12.2 Å². The Labute approximate surface area is 139 Å². The summed E-state index contributed by atoms with van der Waals surface area (Å²) in [4.78, 5) is 0. The average molecular weight is 310 g/mol. The van der Waals surface area contributed by atoms with Crippen LogP contribution in [0.1, 0.15) is 50.2 Å². The molecule has 0 aliphatic carbocycles. The normalized spacial score (nSPS) is 21.0. The van der Waals surface area contributed by atoms with E-state index in [2.05, 4.69) is 39.0 Å². The van der Waals surface area contributed by atoms with Gasteiger partial charge in [-0.3, -0.25) is 0 Å². The van der Waals surface area contributed by atoms with Crippen LogP contribution < -0.4 is 4.74 Å². The second-order valence-electron chi connectivity index (χ2n) is 6.40. The number of hydrogen-bond acceptors (Lipinski definition) is 2. The number of epoxide rings is 1. The third kappa shape index (κ3) is 3.94. The van der Waals surface area contributed by atoms with E-state index >= 15 is 0 Å². The fraction of sp³-hybridized carbons (Fsp3) is 0.429. The summed E-state index contributed by atoms with van der Waals surface area (Å²) in [5.74, 6) is 2.35. The van der Waals surface area contributed by atoms with Crippen LogP contribution in [-0.2, 0) is 4.74 Å². The maximum atomic E-state index is 5.93. The largest absolute Gasteiger partial charge is 0.457 e. The van der Waals surface area contributed by atoms with E-state index < -0.39 is 0 Å². The van der Waals surface area contributed by atoms with Gasteiger partial charge < -0.3 is 9.47 Å². The molecule has 0 amide bonds. The molecular weight excluding hydrogens is 284 g/mol. The number of benzene rings is 2. The number of ether oxygens (including phenoxy) is 2. The van der Waals surface area contributed by atoms with Gasteiger partial charge in [0.25, 0.3) is 0 Å². The highest BCUT2D eigenvalue weighted by atomic mass is 16.6. The van der Waals surface area contributed by atoms with Gasteiger partial charge in [-0.25, -0.2) is 0 Å². The van der Waals surface area contributed by atoms with Gasteiger partial charge in [0.2, 0.25) is 0 Å². The molecule has 1 saturated heterocycles. The monoisotopic (exact) mass is 310 g/mol. The summed E-state index contributed by atoms with van der Waals surface area (Å²) >= 11 is 0. The molecule has 0 aromatic heterocycles. The minimum absolute atomic E-state index is 0.463. The van der Waals surface area contributed by atoms with Crippen LogP contribution in [0.3, 0.4) is 0 Å². The third-order valence-electron chi connectivity index (χ3n) is 4.76. The molecule has 0 radical (unpaired) electrons. The van der Waals surface area contributed by atoms with E-state index in [-0.39, 0.29) is 0 Å². The Kier molecular flexibility index (Phi) is 5.02. The lowest BCUT2D eigenvalue weighted by molar-refractivity contribution is 0.348. The lowest BCUT2D eigenvalue weighted by Gasteiger charge is -2.18. The number of para-hydroxylation sites is 1. The number of hydrogen-bond donors (Lipinski definition) is 0. The van der Waals surface area contributed by atoms with Crippen LogP contribution in [0.4, 0.5) is 0 Å². The predicted molar refractivity (Wildman–Crippen MR) is 94.3 cm³/mol. The maximum absolute atomic E-state index is 5.93. The highest BCUT2D eigenvalue weighted by molar-refractivity contribution is 5.39. The molecule has 0 bridgehead atoms. The van der Waals surface area contributed by atoms with Gasteiger partial charge in [0.15, 0.2) is 0 Å². The third-order valence-corrected chi connectivity index (χ3v) is 4.76. The zero-order valence-electron chi connectivity index (χ0n) is 14.3. The van der Waals surface area contributed by atoms with Gasteiger partial charge in [-0.2, -0.15) is 0 Å². The van der Waals surface area contributed by atoms with Crippen molar-refractivity contribution < 1.29 is 9.47 Å². The van der Waals surface area contributed by atoms with Gasteiger partial charge in [-0.05, 0) is 67.5 Å². The molecule has 1 fully saturated rings. The van der Waals surface area contributed by atoms with Crippen molar-refractivity contribution in [2.75, 3.05) is 0 Å². The number of aryl methyl sites for hydroxylation is 1. The Morgan fingerprint density at radius 2 is 1.78 bits per heavy atom. The number of rotatable bonds is 7. The standard InChI is InChI=1S/C21H26O2/c1-4-16(14-21-20(5-2)23-21)19-12-11-18(13-15(19)3)22-17-9-7-6-8-10-17/h6-13,16,20-21H,4-5,14H2,1-3H3. The first-order valence-corrected chi connectivity index (χ1v) is 8.70. The Morgan fingerprint density at radius 3 is 2.39 bits per heavy atom. The molecule has 122 valence electrons. The van der Waals surface area contributed by atoms with Crippen LogP contribution in [0.15, 0.2) is 48.5 Å². The average Bonchev–Trinajstić information content (AvgIpc) is 3.32. The van der Waals surface area contributed by atoms with Crippen LogP contribution in [0.5, 0.6) is 11.5 Å². The molecule has 3 unspecified atom stereocenters. The van der Waals surface area contributed by atoms with Gasteiger partial charge in [-0.15, -0.1) is 0 Å². The molecule has 0 N–H and O–H groups in total. The topological polar surface area (TPSA) is 21.8 Å². The summed E-state index contributed by atoms with van der Waals surface area (Å²) in [6, 6.07) is 16.4. The van der Waals surface area contributed by atoms with Crippen molar-refractivity contribution in [2.24, 2.45) is 0 Å². The second kappa shape index (κ2) is 7.18. The quantitative estimate of drug-likeness (QED) is 0.598. The lowest BCUT2D eigenvalue weighted by Crippen LogP contribution is -2.05. The molecule has 2 heteroatoms. The van der Waals surface area contributed by atoms with Crippen molar-refractivity contribution in [2.45, 2.75) is 58.2 Å². The smallest absolute Gasteiger partial charge is 0.127 e. The van der Waals surface area contributed by atoms with E-state index in [9.17, 15) is 0 Å². The van der Waals surface area contributed by atoms with Crippen LogP contribution in [0.25, 0.3) is 0 Å². The van der Waals surface area contributed by atoms with Crippen molar-refractivity contribution in [3.8, 4) is 11.5 Å². The SMILES string of the molecule is CCC(CC1OC1CC)c1ccc(Oc2ccccc2)cc1C. The fourth-order valence-electron chi connectivity index (χ4n) is 3.33. The molecule has 0 spiro atoms. The van der Waals surface area contributed by atoms with E-state index in [1.165, 1.54) is 11.1 Å².